The van der Waals surface area contributed by atoms with Gasteiger partial charge in [0.2, 0.25) is 5.91 Å². The third kappa shape index (κ3) is 3.55. The number of rotatable bonds is 4. The van der Waals surface area contributed by atoms with Crippen LogP contribution in [0.1, 0.15) is 31.4 Å². The van der Waals surface area contributed by atoms with Crippen molar-refractivity contribution in [1.29, 1.82) is 0 Å². The van der Waals surface area contributed by atoms with Gasteiger partial charge < -0.3 is 15.4 Å². The zero-order chi connectivity index (χ0) is 13.7. The lowest BCUT2D eigenvalue weighted by Crippen LogP contribution is -2.29. The second kappa shape index (κ2) is 6.68. The Kier molecular flexibility index (Phi) is 4.93. The van der Waals surface area contributed by atoms with Crippen LogP contribution in [0.5, 0.6) is 0 Å². The summed E-state index contributed by atoms with van der Waals surface area (Å²) in [5, 5.41) is 6.26. The molecular formula is C15H22N2O2. The number of benzene rings is 1. The zero-order valence-corrected chi connectivity index (χ0v) is 11.6. The lowest BCUT2D eigenvalue weighted by atomic mass is 9.98. The second-order valence-corrected chi connectivity index (χ2v) is 4.97. The highest BCUT2D eigenvalue weighted by atomic mass is 16.5. The van der Waals surface area contributed by atoms with Crippen LogP contribution in [0.15, 0.2) is 24.3 Å². The molecule has 1 saturated heterocycles. The van der Waals surface area contributed by atoms with Crippen molar-refractivity contribution < 1.29 is 9.53 Å². The molecule has 4 nitrogen and oxygen atoms in total. The highest BCUT2D eigenvalue weighted by Gasteiger charge is 2.22. The second-order valence-electron chi connectivity index (χ2n) is 4.97. The number of para-hydroxylation sites is 1. The van der Waals surface area contributed by atoms with Crippen LogP contribution in [0.25, 0.3) is 0 Å². The van der Waals surface area contributed by atoms with Crippen LogP contribution >= 0.6 is 0 Å². The average Bonchev–Trinajstić information content (AvgIpc) is 2.48. The summed E-state index contributed by atoms with van der Waals surface area (Å²) in [5.41, 5.74) is 2.02. The van der Waals surface area contributed by atoms with Gasteiger partial charge in [0.05, 0.1) is 0 Å². The van der Waals surface area contributed by atoms with Crippen molar-refractivity contribution in [2.45, 2.75) is 25.8 Å². The minimum atomic E-state index is 0.0756. The maximum atomic E-state index is 12.2. The molecule has 2 rings (SSSR count). The first-order valence-corrected chi connectivity index (χ1v) is 6.87. The van der Waals surface area contributed by atoms with Gasteiger partial charge in [-0.15, -0.1) is 0 Å². The summed E-state index contributed by atoms with van der Waals surface area (Å²) in [6, 6.07) is 8.16. The molecule has 0 bridgehead atoms. The summed E-state index contributed by atoms with van der Waals surface area (Å²) in [7, 11) is 1.92. The summed E-state index contributed by atoms with van der Waals surface area (Å²) in [6.07, 6.45) is 1.63. The van der Waals surface area contributed by atoms with E-state index in [2.05, 4.69) is 17.6 Å². The standard InChI is InChI=1S/C15H22N2O2/c1-11(16-2)13-5-3-4-6-14(13)17-15(18)12-7-9-19-10-8-12/h3-6,11-12,16H,7-10H2,1-2H3,(H,17,18). The fraction of sp³-hybridized carbons (Fsp3) is 0.533. The Morgan fingerprint density at radius 3 is 2.68 bits per heavy atom. The lowest BCUT2D eigenvalue weighted by molar-refractivity contribution is -0.122. The van der Waals surface area contributed by atoms with E-state index >= 15 is 0 Å². The minimum absolute atomic E-state index is 0.0756. The Labute approximate surface area is 114 Å². The molecular weight excluding hydrogens is 240 g/mol. The maximum absolute atomic E-state index is 12.2. The normalized spacial score (nSPS) is 18.0. The van der Waals surface area contributed by atoms with Crippen LogP contribution in [0.4, 0.5) is 5.69 Å². The van der Waals surface area contributed by atoms with Crippen LogP contribution in [0, 0.1) is 5.92 Å². The molecule has 1 aliphatic heterocycles. The Balaban J connectivity index is 2.07. The fourth-order valence-electron chi connectivity index (χ4n) is 2.34. The summed E-state index contributed by atoms with van der Waals surface area (Å²) in [5.74, 6) is 0.186. The Bertz CT molecular complexity index is 428. The molecule has 1 aromatic rings. The molecule has 1 unspecified atom stereocenters. The van der Waals surface area contributed by atoms with E-state index in [1.807, 2.05) is 31.3 Å². The predicted octanol–water partition coefficient (Wildman–Crippen LogP) is 2.33. The maximum Gasteiger partial charge on any atom is 0.227 e. The molecule has 0 radical (unpaired) electrons. The summed E-state index contributed by atoms with van der Waals surface area (Å²) in [4.78, 5) is 12.2. The van der Waals surface area contributed by atoms with Gasteiger partial charge in [0.25, 0.3) is 0 Å². The van der Waals surface area contributed by atoms with E-state index in [1.165, 1.54) is 0 Å². The summed E-state index contributed by atoms with van der Waals surface area (Å²) >= 11 is 0. The van der Waals surface area contributed by atoms with Crippen LogP contribution < -0.4 is 10.6 Å². The number of hydrogen-bond acceptors (Lipinski definition) is 3. The van der Waals surface area contributed by atoms with Crippen molar-refractivity contribution in [3.05, 3.63) is 29.8 Å². The van der Waals surface area contributed by atoms with E-state index in [1.54, 1.807) is 0 Å². The van der Waals surface area contributed by atoms with Gasteiger partial charge in [-0.25, -0.2) is 0 Å². The summed E-state index contributed by atoms with van der Waals surface area (Å²) < 4.78 is 5.29. The molecule has 1 atom stereocenters. The van der Waals surface area contributed by atoms with Gasteiger partial charge in [-0.1, -0.05) is 18.2 Å². The van der Waals surface area contributed by atoms with Crippen molar-refractivity contribution in [3.63, 3.8) is 0 Å². The molecule has 1 aliphatic rings. The van der Waals surface area contributed by atoms with Crippen molar-refractivity contribution in [1.82, 2.24) is 5.32 Å². The van der Waals surface area contributed by atoms with Crippen LogP contribution in [-0.2, 0) is 9.53 Å². The SMILES string of the molecule is CNC(C)c1ccccc1NC(=O)C1CCOCC1. The molecule has 104 valence electrons. The van der Waals surface area contributed by atoms with E-state index < -0.39 is 0 Å². The van der Waals surface area contributed by atoms with Gasteiger partial charge in [-0.3, -0.25) is 4.79 Å². The third-order valence-electron chi connectivity index (χ3n) is 3.71. The fourth-order valence-corrected chi connectivity index (χ4v) is 2.34. The van der Waals surface area contributed by atoms with Crippen molar-refractivity contribution in [2.24, 2.45) is 5.92 Å². The van der Waals surface area contributed by atoms with E-state index in [4.69, 9.17) is 4.74 Å². The van der Waals surface area contributed by atoms with Gasteiger partial charge in [0.15, 0.2) is 0 Å². The highest BCUT2D eigenvalue weighted by molar-refractivity contribution is 5.93. The smallest absolute Gasteiger partial charge is 0.227 e. The topological polar surface area (TPSA) is 50.4 Å². The van der Waals surface area contributed by atoms with Gasteiger partial charge in [0.1, 0.15) is 0 Å². The molecule has 0 spiro atoms. The molecule has 0 aromatic heterocycles. The zero-order valence-electron chi connectivity index (χ0n) is 11.6. The number of hydrogen-bond donors (Lipinski definition) is 2. The van der Waals surface area contributed by atoms with Crippen LogP contribution in [0.3, 0.4) is 0 Å². The molecule has 0 aliphatic carbocycles. The number of ether oxygens (including phenoxy) is 1. The van der Waals surface area contributed by atoms with Crippen molar-refractivity contribution in [2.75, 3.05) is 25.6 Å². The molecule has 1 amide bonds. The Hall–Kier alpha value is -1.39. The highest BCUT2D eigenvalue weighted by Crippen LogP contribution is 2.24. The quantitative estimate of drug-likeness (QED) is 0.875. The van der Waals surface area contributed by atoms with E-state index in [9.17, 15) is 4.79 Å². The molecule has 1 fully saturated rings. The number of amides is 1. The molecule has 4 heteroatoms. The average molecular weight is 262 g/mol. The van der Waals surface area contributed by atoms with E-state index in [0.29, 0.717) is 13.2 Å². The van der Waals surface area contributed by atoms with Crippen LogP contribution in [-0.4, -0.2) is 26.2 Å². The largest absolute Gasteiger partial charge is 0.381 e. The number of carbonyl (C=O) groups is 1. The Morgan fingerprint density at radius 2 is 2.00 bits per heavy atom. The van der Waals surface area contributed by atoms with Gasteiger partial charge in [-0.2, -0.15) is 0 Å². The first-order chi connectivity index (χ1) is 9.22. The Morgan fingerprint density at radius 1 is 1.32 bits per heavy atom. The van der Waals surface area contributed by atoms with Gasteiger partial charge >= 0.3 is 0 Å². The molecule has 1 aromatic carbocycles. The van der Waals surface area contributed by atoms with Gasteiger partial charge in [-0.05, 0) is 38.4 Å². The third-order valence-corrected chi connectivity index (χ3v) is 3.71. The predicted molar refractivity (Wildman–Crippen MR) is 76.1 cm³/mol. The van der Waals surface area contributed by atoms with E-state index in [0.717, 1.165) is 24.1 Å². The lowest BCUT2D eigenvalue weighted by Gasteiger charge is -2.23. The van der Waals surface area contributed by atoms with Gasteiger partial charge in [0, 0.05) is 30.9 Å². The minimum Gasteiger partial charge on any atom is -0.381 e. The number of anilines is 1. The first kappa shape index (κ1) is 14.0. The molecule has 19 heavy (non-hydrogen) atoms. The van der Waals surface area contributed by atoms with Crippen molar-refractivity contribution in [3.8, 4) is 0 Å². The van der Waals surface area contributed by atoms with E-state index in [-0.39, 0.29) is 17.9 Å². The number of carbonyl (C=O) groups excluding carboxylic acids is 1. The molecule has 0 saturated carbocycles. The first-order valence-electron chi connectivity index (χ1n) is 6.87. The van der Waals surface area contributed by atoms with Crippen LogP contribution in [0.2, 0.25) is 0 Å². The molecule has 2 N–H and O–H groups in total. The molecule has 1 heterocycles. The monoisotopic (exact) mass is 262 g/mol. The summed E-state index contributed by atoms with van der Waals surface area (Å²) in [6.45, 7) is 3.46. The number of nitrogens with one attached hydrogen (secondary N) is 2. The van der Waals surface area contributed by atoms with Crippen molar-refractivity contribution >= 4 is 11.6 Å².